The maximum absolute atomic E-state index is 12.8. The molecule has 0 amide bonds. The average molecular weight is 859 g/mol. The van der Waals surface area contributed by atoms with Crippen LogP contribution in [0.4, 0.5) is 0 Å². The highest BCUT2D eigenvalue weighted by Gasteiger charge is 2.51. The molecule has 59 heavy (non-hydrogen) atoms. The zero-order chi connectivity index (χ0) is 43.6. The number of allylic oxidation sites excluding steroid dienone is 7. The van der Waals surface area contributed by atoms with Gasteiger partial charge in [0.2, 0.25) is 0 Å². The van der Waals surface area contributed by atoms with Crippen LogP contribution in [0.3, 0.4) is 0 Å². The topological polar surface area (TPSA) is 210 Å². The molecule has 0 radical (unpaired) electrons. The standard InChI is InChI=1S/C45H79O13P/c1-3-5-7-9-11-13-15-17-19-21-23-25-27-29-31-33-38(46)55-35-37(36-56-59(53,54)58-45-43(51)41(49)40(48)42(50)44(45)52)57-39(47)34-32-30-28-26-24-22-20-18-16-14-12-10-8-6-4-2/h17,19,23,25,28,30,32,34,37,40-45,48-52H,3-16,18,20-22,24,26-27,29,31,33,35-36H2,1-2H3,(H,53,54)/b19-17+,25-23+,30-28+,34-32+/t37-,40?,41-,42?,43?,44?,45?/m1/s1. The minimum absolute atomic E-state index is 0.104. The molecule has 0 bridgehead atoms. The first-order valence-electron chi connectivity index (χ1n) is 22.5. The van der Waals surface area contributed by atoms with Crippen molar-refractivity contribution in [2.24, 2.45) is 0 Å². The predicted octanol–water partition coefficient (Wildman–Crippen LogP) is 8.39. The minimum Gasteiger partial charge on any atom is -0.462 e. The molecule has 14 heteroatoms. The summed E-state index contributed by atoms with van der Waals surface area (Å²) in [5.74, 6) is -1.39. The van der Waals surface area contributed by atoms with Gasteiger partial charge in [-0.25, -0.2) is 9.36 Å². The fourth-order valence-electron chi connectivity index (χ4n) is 6.58. The summed E-state index contributed by atoms with van der Waals surface area (Å²) in [6.07, 6.45) is 28.1. The molecule has 13 nitrogen and oxygen atoms in total. The van der Waals surface area contributed by atoms with Gasteiger partial charge in [-0.15, -0.1) is 0 Å². The molecule has 0 aromatic heterocycles. The van der Waals surface area contributed by atoms with Gasteiger partial charge in [0.05, 0.1) is 6.61 Å². The molecule has 0 aromatic rings. The lowest BCUT2D eigenvalue weighted by Crippen LogP contribution is -2.64. The van der Waals surface area contributed by atoms with Crippen molar-refractivity contribution in [1.29, 1.82) is 0 Å². The minimum atomic E-state index is -5.15. The van der Waals surface area contributed by atoms with Crippen molar-refractivity contribution in [1.82, 2.24) is 0 Å². The van der Waals surface area contributed by atoms with Crippen LogP contribution in [-0.4, -0.2) is 98.3 Å². The summed E-state index contributed by atoms with van der Waals surface area (Å²) >= 11 is 0. The molecule has 342 valence electrons. The van der Waals surface area contributed by atoms with Gasteiger partial charge in [0.15, 0.2) is 6.10 Å². The highest BCUT2D eigenvalue weighted by atomic mass is 31.2. The SMILES string of the molecule is CCCCCCCC/C=C/C/C=C/CCCCC(=O)OC[C@H](COP(=O)(O)OC1C(O)C(O)C(O)[C@@H](O)C1O)OC(=O)/C=C/C=C/CCCCCCCCCCCCC. The number of esters is 2. The summed E-state index contributed by atoms with van der Waals surface area (Å²) in [7, 11) is -5.15. The van der Waals surface area contributed by atoms with Crippen LogP contribution in [0.2, 0.25) is 0 Å². The summed E-state index contributed by atoms with van der Waals surface area (Å²) in [6, 6.07) is 0. The smallest absolute Gasteiger partial charge is 0.462 e. The van der Waals surface area contributed by atoms with Crippen molar-refractivity contribution in [2.45, 2.75) is 211 Å². The van der Waals surface area contributed by atoms with Crippen molar-refractivity contribution >= 4 is 19.8 Å². The van der Waals surface area contributed by atoms with Crippen LogP contribution in [0, 0.1) is 0 Å². The van der Waals surface area contributed by atoms with Crippen LogP contribution in [-0.2, 0) is 32.7 Å². The fourth-order valence-corrected chi connectivity index (χ4v) is 7.55. The van der Waals surface area contributed by atoms with E-state index in [1.165, 1.54) is 102 Å². The number of ether oxygens (including phenoxy) is 2. The Balaban J connectivity index is 2.56. The molecule has 6 N–H and O–H groups in total. The molecule has 6 unspecified atom stereocenters. The molecule has 1 aliphatic rings. The number of phosphoric ester groups is 1. The van der Waals surface area contributed by atoms with Crippen molar-refractivity contribution < 1.29 is 63.1 Å². The molecular formula is C45H79O13P. The number of rotatable bonds is 36. The highest BCUT2D eigenvalue weighted by Crippen LogP contribution is 2.47. The van der Waals surface area contributed by atoms with Crippen LogP contribution in [0.15, 0.2) is 48.6 Å². The first-order valence-corrected chi connectivity index (χ1v) is 24.0. The molecule has 1 rings (SSSR count). The van der Waals surface area contributed by atoms with E-state index < -0.39 is 75.7 Å². The van der Waals surface area contributed by atoms with E-state index >= 15 is 0 Å². The molecule has 8 atom stereocenters. The third kappa shape index (κ3) is 28.1. The molecule has 1 fully saturated rings. The second-order valence-electron chi connectivity index (χ2n) is 15.6. The van der Waals surface area contributed by atoms with Crippen molar-refractivity contribution in [3.8, 4) is 0 Å². The Labute approximate surface area is 354 Å². The largest absolute Gasteiger partial charge is 0.472 e. The number of unbranched alkanes of at least 4 members (excludes halogenated alkanes) is 19. The van der Waals surface area contributed by atoms with Crippen LogP contribution in [0.5, 0.6) is 0 Å². The number of hydrogen-bond donors (Lipinski definition) is 6. The summed E-state index contributed by atoms with van der Waals surface area (Å²) in [6.45, 7) is 3.15. The fraction of sp³-hybridized carbons (Fsp3) is 0.778. The van der Waals surface area contributed by atoms with E-state index in [0.717, 1.165) is 51.0 Å². The highest BCUT2D eigenvalue weighted by molar-refractivity contribution is 7.47. The molecule has 0 saturated heterocycles. The van der Waals surface area contributed by atoms with Crippen molar-refractivity contribution in [3.05, 3.63) is 48.6 Å². The Bertz CT molecular complexity index is 1220. The van der Waals surface area contributed by atoms with E-state index in [1.54, 1.807) is 6.08 Å². The van der Waals surface area contributed by atoms with E-state index in [9.17, 15) is 44.6 Å². The van der Waals surface area contributed by atoms with Crippen molar-refractivity contribution in [2.75, 3.05) is 13.2 Å². The molecular weight excluding hydrogens is 779 g/mol. The molecule has 1 saturated carbocycles. The molecule has 1 aliphatic carbocycles. The second kappa shape index (κ2) is 35.4. The Morgan fingerprint density at radius 3 is 1.56 bits per heavy atom. The number of carbonyl (C=O) groups excluding carboxylic acids is 2. The molecule has 0 aromatic carbocycles. The monoisotopic (exact) mass is 859 g/mol. The molecule has 0 aliphatic heterocycles. The Morgan fingerprint density at radius 1 is 0.576 bits per heavy atom. The van der Waals surface area contributed by atoms with Gasteiger partial charge in [0, 0.05) is 12.5 Å². The quantitative estimate of drug-likeness (QED) is 0.00875. The molecule has 0 heterocycles. The third-order valence-corrected chi connectivity index (χ3v) is 11.2. The summed E-state index contributed by atoms with van der Waals surface area (Å²) in [5.41, 5.74) is 0. The Morgan fingerprint density at radius 2 is 1.03 bits per heavy atom. The Hall–Kier alpha value is -2.19. The number of aliphatic hydroxyl groups is 5. The van der Waals surface area contributed by atoms with Crippen LogP contribution < -0.4 is 0 Å². The van der Waals surface area contributed by atoms with Crippen molar-refractivity contribution in [3.63, 3.8) is 0 Å². The normalized spacial score (nSPS) is 22.8. The Kier molecular flexibility index (Phi) is 32.9. The van der Waals surface area contributed by atoms with E-state index in [-0.39, 0.29) is 6.42 Å². The van der Waals surface area contributed by atoms with E-state index in [4.69, 9.17) is 18.5 Å². The molecule has 0 spiro atoms. The van der Waals surface area contributed by atoms with Gasteiger partial charge in [-0.2, -0.15) is 0 Å². The predicted molar refractivity (Wildman–Crippen MR) is 230 cm³/mol. The first kappa shape index (κ1) is 54.8. The number of aliphatic hydroxyl groups excluding tert-OH is 5. The van der Waals surface area contributed by atoms with Gasteiger partial charge in [-0.1, -0.05) is 153 Å². The van der Waals surface area contributed by atoms with Gasteiger partial charge in [0.25, 0.3) is 0 Å². The van der Waals surface area contributed by atoms with E-state index in [0.29, 0.717) is 6.42 Å². The van der Waals surface area contributed by atoms with Gasteiger partial charge >= 0.3 is 19.8 Å². The number of phosphoric acid groups is 1. The zero-order valence-electron chi connectivity index (χ0n) is 36.0. The summed E-state index contributed by atoms with van der Waals surface area (Å²) in [5, 5.41) is 50.1. The summed E-state index contributed by atoms with van der Waals surface area (Å²) < 4.78 is 33.2. The first-order chi connectivity index (χ1) is 28.4. The van der Waals surface area contributed by atoms with Gasteiger partial charge in [-0.3, -0.25) is 13.8 Å². The number of hydrogen-bond acceptors (Lipinski definition) is 12. The van der Waals surface area contributed by atoms with E-state index in [1.807, 2.05) is 6.08 Å². The van der Waals surface area contributed by atoms with Gasteiger partial charge in [0.1, 0.15) is 43.2 Å². The average Bonchev–Trinajstić information content (AvgIpc) is 3.21. The van der Waals surface area contributed by atoms with Crippen LogP contribution in [0.25, 0.3) is 0 Å². The maximum Gasteiger partial charge on any atom is 0.472 e. The van der Waals surface area contributed by atoms with Crippen LogP contribution >= 0.6 is 7.82 Å². The lowest BCUT2D eigenvalue weighted by atomic mass is 9.85. The van der Waals surface area contributed by atoms with E-state index in [2.05, 4.69) is 38.2 Å². The number of carbonyl (C=O) groups is 2. The lowest BCUT2D eigenvalue weighted by molar-refractivity contribution is -0.220. The van der Waals surface area contributed by atoms with Gasteiger partial charge in [-0.05, 0) is 51.4 Å². The zero-order valence-corrected chi connectivity index (χ0v) is 36.9. The third-order valence-electron chi connectivity index (χ3n) is 10.2. The lowest BCUT2D eigenvalue weighted by Gasteiger charge is -2.41. The second-order valence-corrected chi connectivity index (χ2v) is 17.0. The van der Waals surface area contributed by atoms with Crippen LogP contribution in [0.1, 0.15) is 168 Å². The van der Waals surface area contributed by atoms with Gasteiger partial charge < -0.3 is 39.9 Å². The summed E-state index contributed by atoms with van der Waals surface area (Å²) in [4.78, 5) is 35.5. The maximum atomic E-state index is 12.8.